The molecule has 1 aliphatic rings. The Morgan fingerprint density at radius 1 is 1.22 bits per heavy atom. The van der Waals surface area contributed by atoms with E-state index in [0.29, 0.717) is 49.9 Å². The molecule has 0 radical (unpaired) electrons. The summed E-state index contributed by atoms with van der Waals surface area (Å²) in [5.74, 6) is 1.73. The van der Waals surface area contributed by atoms with E-state index in [-0.39, 0.29) is 5.92 Å². The highest BCUT2D eigenvalue weighted by atomic mass is 16.5. The molecule has 144 valence electrons. The average molecular weight is 372 g/mol. The van der Waals surface area contributed by atoms with Gasteiger partial charge in [0.15, 0.2) is 11.5 Å². The zero-order valence-electron chi connectivity index (χ0n) is 15.5. The maximum Gasteiger partial charge on any atom is 0.306 e. The van der Waals surface area contributed by atoms with Crippen molar-refractivity contribution in [2.45, 2.75) is 19.4 Å². The van der Waals surface area contributed by atoms with Gasteiger partial charge in [-0.2, -0.15) is 4.98 Å². The number of anilines is 2. The first-order chi connectivity index (χ1) is 13.1. The SMILES string of the molecule is COc1ccc(CNc2nccc(N3CCC(C(=O)O)CC3)n2)cc1OC. The quantitative estimate of drug-likeness (QED) is 0.765. The standard InChI is InChI=1S/C19H24N4O4/c1-26-15-4-3-13(11-16(15)27-2)12-21-19-20-8-5-17(22-19)23-9-6-14(7-10-23)18(24)25/h3-5,8,11,14H,6-7,9-10,12H2,1-2H3,(H,24,25)(H,20,21,22). The minimum Gasteiger partial charge on any atom is -0.493 e. The molecule has 8 nitrogen and oxygen atoms in total. The van der Waals surface area contributed by atoms with E-state index in [1.807, 2.05) is 24.3 Å². The number of rotatable bonds is 7. The molecule has 2 aromatic rings. The number of carbonyl (C=O) groups is 1. The minimum absolute atomic E-state index is 0.259. The summed E-state index contributed by atoms with van der Waals surface area (Å²) < 4.78 is 10.6. The highest BCUT2D eigenvalue weighted by Crippen LogP contribution is 2.28. The predicted octanol–water partition coefficient (Wildman–Crippen LogP) is 2.41. The van der Waals surface area contributed by atoms with Crippen molar-refractivity contribution in [3.8, 4) is 11.5 Å². The lowest BCUT2D eigenvalue weighted by atomic mass is 9.97. The number of nitrogens with one attached hydrogen (secondary N) is 1. The number of benzene rings is 1. The molecule has 0 saturated carbocycles. The van der Waals surface area contributed by atoms with Gasteiger partial charge in [-0.05, 0) is 36.6 Å². The summed E-state index contributed by atoms with van der Waals surface area (Å²) in [6.07, 6.45) is 2.98. The number of hydrogen-bond donors (Lipinski definition) is 2. The fourth-order valence-electron chi connectivity index (χ4n) is 3.14. The van der Waals surface area contributed by atoms with Gasteiger partial charge >= 0.3 is 5.97 Å². The molecule has 2 heterocycles. The molecule has 0 bridgehead atoms. The maximum atomic E-state index is 11.1. The van der Waals surface area contributed by atoms with Crippen molar-refractivity contribution in [2.24, 2.45) is 5.92 Å². The fraction of sp³-hybridized carbons (Fsp3) is 0.421. The van der Waals surface area contributed by atoms with Crippen LogP contribution in [0, 0.1) is 5.92 Å². The third-order valence-corrected chi connectivity index (χ3v) is 4.71. The van der Waals surface area contributed by atoms with Gasteiger partial charge < -0.3 is 24.8 Å². The molecule has 0 spiro atoms. The van der Waals surface area contributed by atoms with Crippen molar-refractivity contribution in [2.75, 3.05) is 37.5 Å². The molecule has 0 aliphatic carbocycles. The first kappa shape index (κ1) is 18.8. The second-order valence-corrected chi connectivity index (χ2v) is 6.38. The number of aliphatic carboxylic acids is 1. The maximum absolute atomic E-state index is 11.1. The molecule has 27 heavy (non-hydrogen) atoms. The predicted molar refractivity (Wildman–Crippen MR) is 101 cm³/mol. The van der Waals surface area contributed by atoms with Crippen LogP contribution < -0.4 is 19.7 Å². The van der Waals surface area contributed by atoms with Crippen LogP contribution in [0.1, 0.15) is 18.4 Å². The second-order valence-electron chi connectivity index (χ2n) is 6.38. The molecule has 0 unspecified atom stereocenters. The van der Waals surface area contributed by atoms with Crippen LogP contribution in [0.25, 0.3) is 0 Å². The normalized spacial score (nSPS) is 14.7. The van der Waals surface area contributed by atoms with Gasteiger partial charge in [0, 0.05) is 25.8 Å². The molecule has 1 aromatic heterocycles. The summed E-state index contributed by atoms with van der Waals surface area (Å²) in [5, 5.41) is 12.3. The Kier molecular flexibility index (Phi) is 5.95. The largest absolute Gasteiger partial charge is 0.493 e. The van der Waals surface area contributed by atoms with Crippen molar-refractivity contribution >= 4 is 17.7 Å². The van der Waals surface area contributed by atoms with Crippen LogP contribution >= 0.6 is 0 Å². The minimum atomic E-state index is -0.713. The van der Waals surface area contributed by atoms with Crippen LogP contribution in [0.3, 0.4) is 0 Å². The molecule has 0 amide bonds. The van der Waals surface area contributed by atoms with Gasteiger partial charge in [-0.25, -0.2) is 4.98 Å². The van der Waals surface area contributed by atoms with E-state index in [1.54, 1.807) is 20.4 Å². The number of hydrogen-bond acceptors (Lipinski definition) is 7. The highest BCUT2D eigenvalue weighted by Gasteiger charge is 2.25. The fourth-order valence-corrected chi connectivity index (χ4v) is 3.14. The van der Waals surface area contributed by atoms with Crippen molar-refractivity contribution in [1.82, 2.24) is 9.97 Å². The smallest absolute Gasteiger partial charge is 0.306 e. The molecule has 1 aliphatic heterocycles. The number of carboxylic acid groups (broad SMARTS) is 1. The first-order valence-electron chi connectivity index (χ1n) is 8.86. The summed E-state index contributed by atoms with van der Waals surface area (Å²) in [7, 11) is 3.21. The summed E-state index contributed by atoms with van der Waals surface area (Å²) in [4.78, 5) is 22.0. The second kappa shape index (κ2) is 8.57. The molecule has 2 N–H and O–H groups in total. The molecule has 1 aromatic carbocycles. The molecular formula is C19H24N4O4. The van der Waals surface area contributed by atoms with E-state index < -0.39 is 5.97 Å². The average Bonchev–Trinajstić information content (AvgIpc) is 2.72. The Balaban J connectivity index is 1.62. The summed E-state index contributed by atoms with van der Waals surface area (Å²) in [6, 6.07) is 7.57. The van der Waals surface area contributed by atoms with Crippen molar-refractivity contribution in [3.05, 3.63) is 36.0 Å². The van der Waals surface area contributed by atoms with Crippen LogP contribution in [0.5, 0.6) is 11.5 Å². The van der Waals surface area contributed by atoms with Crippen LogP contribution in [0.15, 0.2) is 30.5 Å². The van der Waals surface area contributed by atoms with Gasteiger partial charge in [0.1, 0.15) is 5.82 Å². The first-order valence-corrected chi connectivity index (χ1v) is 8.86. The summed E-state index contributed by atoms with van der Waals surface area (Å²) >= 11 is 0. The summed E-state index contributed by atoms with van der Waals surface area (Å²) in [6.45, 7) is 1.91. The Morgan fingerprint density at radius 3 is 2.63 bits per heavy atom. The van der Waals surface area contributed by atoms with Crippen LogP contribution in [-0.4, -0.2) is 48.4 Å². The van der Waals surface area contributed by atoms with Crippen molar-refractivity contribution in [3.63, 3.8) is 0 Å². The Labute approximate surface area is 158 Å². The van der Waals surface area contributed by atoms with Gasteiger partial charge in [-0.15, -0.1) is 0 Å². The molecule has 8 heteroatoms. The van der Waals surface area contributed by atoms with E-state index in [1.165, 1.54) is 0 Å². The van der Waals surface area contributed by atoms with E-state index >= 15 is 0 Å². The number of carboxylic acids is 1. The van der Waals surface area contributed by atoms with Crippen LogP contribution in [0.4, 0.5) is 11.8 Å². The Hall–Kier alpha value is -3.03. The summed E-state index contributed by atoms with van der Waals surface area (Å²) in [5.41, 5.74) is 1.02. The van der Waals surface area contributed by atoms with Gasteiger partial charge in [0.25, 0.3) is 0 Å². The van der Waals surface area contributed by atoms with Crippen molar-refractivity contribution < 1.29 is 19.4 Å². The lowest BCUT2D eigenvalue weighted by Crippen LogP contribution is -2.36. The molecular weight excluding hydrogens is 348 g/mol. The van der Waals surface area contributed by atoms with E-state index in [2.05, 4.69) is 20.2 Å². The van der Waals surface area contributed by atoms with E-state index in [0.717, 1.165) is 11.4 Å². The van der Waals surface area contributed by atoms with E-state index in [4.69, 9.17) is 14.6 Å². The number of nitrogens with zero attached hydrogens (tertiary/aromatic N) is 3. The zero-order chi connectivity index (χ0) is 19.2. The lowest BCUT2D eigenvalue weighted by molar-refractivity contribution is -0.142. The monoisotopic (exact) mass is 372 g/mol. The van der Waals surface area contributed by atoms with Gasteiger partial charge in [0.05, 0.1) is 20.1 Å². The van der Waals surface area contributed by atoms with Gasteiger partial charge in [0.2, 0.25) is 5.95 Å². The lowest BCUT2D eigenvalue weighted by Gasteiger charge is -2.31. The number of aromatic nitrogens is 2. The third-order valence-electron chi connectivity index (χ3n) is 4.71. The molecule has 0 atom stereocenters. The van der Waals surface area contributed by atoms with Gasteiger partial charge in [-0.1, -0.05) is 6.07 Å². The number of ether oxygens (including phenoxy) is 2. The third kappa shape index (κ3) is 4.58. The van der Waals surface area contributed by atoms with E-state index in [9.17, 15) is 4.79 Å². The van der Waals surface area contributed by atoms with Crippen LogP contribution in [-0.2, 0) is 11.3 Å². The van der Waals surface area contributed by atoms with Crippen LogP contribution in [0.2, 0.25) is 0 Å². The van der Waals surface area contributed by atoms with Gasteiger partial charge in [-0.3, -0.25) is 4.79 Å². The van der Waals surface area contributed by atoms with Crippen molar-refractivity contribution in [1.29, 1.82) is 0 Å². The topological polar surface area (TPSA) is 96.8 Å². The zero-order valence-corrected chi connectivity index (χ0v) is 15.5. The Bertz CT molecular complexity index is 791. The Morgan fingerprint density at radius 2 is 1.96 bits per heavy atom. The number of piperidine rings is 1. The number of methoxy groups -OCH3 is 2. The molecule has 1 saturated heterocycles. The molecule has 3 rings (SSSR count). The highest BCUT2D eigenvalue weighted by molar-refractivity contribution is 5.70. The molecule has 1 fully saturated rings.